The number of nitriles is 1. The van der Waals surface area contributed by atoms with E-state index in [-0.39, 0.29) is 12.5 Å². The molecule has 0 aliphatic carbocycles. The van der Waals surface area contributed by atoms with Gasteiger partial charge in [0.05, 0.1) is 42.2 Å². The van der Waals surface area contributed by atoms with Gasteiger partial charge < -0.3 is 20.7 Å². The van der Waals surface area contributed by atoms with Crippen molar-refractivity contribution in [2.24, 2.45) is 0 Å². The summed E-state index contributed by atoms with van der Waals surface area (Å²) in [6, 6.07) is 18.1. The molecular formula is C24H18N6O3. The lowest BCUT2D eigenvalue weighted by Crippen LogP contribution is -2.27. The molecule has 9 nitrogen and oxygen atoms in total. The first-order chi connectivity index (χ1) is 16.1. The summed E-state index contributed by atoms with van der Waals surface area (Å²) in [7, 11) is 1.33. The standard InChI is InChI=1S/C24H18N6O3/c1-33-24(32)15-7-10-19-29-22(17-3-2-4-18-21(17)26-12-20(31)28-18)23(30(19)13-15)27-16-8-5-14(11-25)6-9-16/h2-10,13,26-27H,12H2,1H3,(H,28,31). The van der Waals surface area contributed by atoms with Crippen molar-refractivity contribution in [1.82, 2.24) is 9.38 Å². The van der Waals surface area contributed by atoms with Crippen molar-refractivity contribution in [2.75, 3.05) is 29.6 Å². The number of amides is 1. The quantitative estimate of drug-likeness (QED) is 0.415. The Balaban J connectivity index is 1.70. The summed E-state index contributed by atoms with van der Waals surface area (Å²) in [5.41, 5.74) is 5.12. The highest BCUT2D eigenvalue weighted by molar-refractivity contribution is 6.05. The molecule has 0 atom stereocenters. The van der Waals surface area contributed by atoms with Gasteiger partial charge in [-0.25, -0.2) is 9.78 Å². The third-order valence-corrected chi connectivity index (χ3v) is 5.34. The van der Waals surface area contributed by atoms with Gasteiger partial charge in [-0.2, -0.15) is 5.26 Å². The average Bonchev–Trinajstić information content (AvgIpc) is 3.20. The Labute approximate surface area is 188 Å². The number of methoxy groups -OCH3 is 1. The zero-order valence-electron chi connectivity index (χ0n) is 17.5. The van der Waals surface area contributed by atoms with Crippen LogP contribution in [0.2, 0.25) is 0 Å². The van der Waals surface area contributed by atoms with Gasteiger partial charge in [0, 0.05) is 17.4 Å². The van der Waals surface area contributed by atoms with E-state index in [1.807, 2.05) is 18.2 Å². The van der Waals surface area contributed by atoms with Crippen LogP contribution in [0.15, 0.2) is 60.8 Å². The zero-order chi connectivity index (χ0) is 22.9. The number of nitrogens with one attached hydrogen (secondary N) is 3. The molecule has 2 aromatic heterocycles. The second-order valence-electron chi connectivity index (χ2n) is 7.39. The number of hydrogen-bond acceptors (Lipinski definition) is 7. The van der Waals surface area contributed by atoms with E-state index < -0.39 is 5.97 Å². The molecule has 3 heterocycles. The molecule has 33 heavy (non-hydrogen) atoms. The molecule has 0 unspecified atom stereocenters. The summed E-state index contributed by atoms with van der Waals surface area (Å²) in [6.45, 7) is 0.155. The number of ether oxygens (including phenoxy) is 1. The van der Waals surface area contributed by atoms with Gasteiger partial charge in [0.25, 0.3) is 0 Å². The van der Waals surface area contributed by atoms with Crippen LogP contribution < -0.4 is 16.0 Å². The Kier molecular flexibility index (Phi) is 4.88. The SMILES string of the molecule is COC(=O)c1ccc2nc(-c3cccc4c3NCC(=O)N4)c(Nc3ccc(C#N)cc3)n2c1. The first-order valence-electron chi connectivity index (χ1n) is 10.1. The number of para-hydroxylation sites is 1. The van der Waals surface area contributed by atoms with Gasteiger partial charge in [0.15, 0.2) is 0 Å². The summed E-state index contributed by atoms with van der Waals surface area (Å²) >= 11 is 0. The lowest BCUT2D eigenvalue weighted by molar-refractivity contribution is -0.114. The molecule has 3 N–H and O–H groups in total. The number of esters is 1. The van der Waals surface area contributed by atoms with E-state index >= 15 is 0 Å². The van der Waals surface area contributed by atoms with Crippen LogP contribution in [0, 0.1) is 11.3 Å². The number of carbonyl (C=O) groups is 2. The van der Waals surface area contributed by atoms with Crippen LogP contribution in [0.1, 0.15) is 15.9 Å². The molecule has 5 rings (SSSR count). The maximum absolute atomic E-state index is 12.1. The number of pyridine rings is 1. The van der Waals surface area contributed by atoms with Gasteiger partial charge >= 0.3 is 5.97 Å². The highest BCUT2D eigenvalue weighted by atomic mass is 16.5. The molecule has 4 aromatic rings. The molecule has 0 saturated carbocycles. The fourth-order valence-corrected chi connectivity index (χ4v) is 3.76. The average molecular weight is 438 g/mol. The Bertz CT molecular complexity index is 1450. The first-order valence-corrected chi connectivity index (χ1v) is 10.1. The predicted octanol–water partition coefficient (Wildman–Crippen LogP) is 3.77. The largest absolute Gasteiger partial charge is 0.465 e. The minimum atomic E-state index is -0.460. The van der Waals surface area contributed by atoms with E-state index in [9.17, 15) is 9.59 Å². The van der Waals surface area contributed by atoms with E-state index in [0.717, 1.165) is 16.9 Å². The predicted molar refractivity (Wildman–Crippen MR) is 124 cm³/mol. The summed E-state index contributed by atoms with van der Waals surface area (Å²) in [5, 5.41) is 18.5. The third-order valence-electron chi connectivity index (χ3n) is 5.34. The van der Waals surface area contributed by atoms with Gasteiger partial charge in [-0.1, -0.05) is 12.1 Å². The van der Waals surface area contributed by atoms with Crippen molar-refractivity contribution in [3.05, 3.63) is 71.9 Å². The highest BCUT2D eigenvalue weighted by Crippen LogP contribution is 2.40. The number of benzene rings is 2. The summed E-state index contributed by atoms with van der Waals surface area (Å²) in [6.07, 6.45) is 1.66. The van der Waals surface area contributed by atoms with Crippen molar-refractivity contribution in [3.8, 4) is 17.3 Å². The van der Waals surface area contributed by atoms with Crippen LogP contribution >= 0.6 is 0 Å². The van der Waals surface area contributed by atoms with Crippen LogP contribution in [-0.2, 0) is 9.53 Å². The lowest BCUT2D eigenvalue weighted by Gasteiger charge is -2.21. The smallest absolute Gasteiger partial charge is 0.339 e. The molecule has 1 amide bonds. The first kappa shape index (κ1) is 20.1. The van der Waals surface area contributed by atoms with E-state index in [1.54, 1.807) is 47.0 Å². The minimum absolute atomic E-state index is 0.117. The van der Waals surface area contributed by atoms with Crippen LogP contribution in [0.5, 0.6) is 0 Å². The Morgan fingerprint density at radius 2 is 2.00 bits per heavy atom. The van der Waals surface area contributed by atoms with Crippen LogP contribution in [0.4, 0.5) is 22.9 Å². The zero-order valence-corrected chi connectivity index (χ0v) is 17.5. The third kappa shape index (κ3) is 3.59. The Morgan fingerprint density at radius 1 is 1.18 bits per heavy atom. The van der Waals surface area contributed by atoms with Crippen LogP contribution in [0.25, 0.3) is 16.9 Å². The second kappa shape index (κ2) is 8.01. The molecule has 1 aliphatic heterocycles. The van der Waals surface area contributed by atoms with Gasteiger partial charge in [-0.15, -0.1) is 0 Å². The number of aromatic nitrogens is 2. The highest BCUT2D eigenvalue weighted by Gasteiger charge is 2.23. The molecule has 162 valence electrons. The molecule has 0 saturated heterocycles. The summed E-state index contributed by atoms with van der Waals surface area (Å²) in [5.74, 6) is 0.0406. The fourth-order valence-electron chi connectivity index (χ4n) is 3.76. The second-order valence-corrected chi connectivity index (χ2v) is 7.39. The maximum Gasteiger partial charge on any atom is 0.339 e. The molecule has 0 bridgehead atoms. The maximum atomic E-state index is 12.1. The number of nitrogens with zero attached hydrogens (tertiary/aromatic N) is 3. The van der Waals surface area contributed by atoms with E-state index in [0.29, 0.717) is 34.0 Å². The van der Waals surface area contributed by atoms with Crippen molar-refractivity contribution >= 4 is 40.4 Å². The number of carbonyl (C=O) groups excluding carboxylic acids is 2. The summed E-state index contributed by atoms with van der Waals surface area (Å²) in [4.78, 5) is 28.8. The number of fused-ring (bicyclic) bond motifs is 2. The van der Waals surface area contributed by atoms with Crippen molar-refractivity contribution in [2.45, 2.75) is 0 Å². The number of anilines is 4. The number of hydrogen-bond donors (Lipinski definition) is 3. The monoisotopic (exact) mass is 438 g/mol. The van der Waals surface area contributed by atoms with Gasteiger partial charge in [0.2, 0.25) is 5.91 Å². The van der Waals surface area contributed by atoms with Crippen LogP contribution in [0.3, 0.4) is 0 Å². The Hall–Kier alpha value is -4.84. The van der Waals surface area contributed by atoms with Crippen molar-refractivity contribution in [3.63, 3.8) is 0 Å². The van der Waals surface area contributed by atoms with Gasteiger partial charge in [0.1, 0.15) is 17.2 Å². The molecule has 1 aliphatic rings. The lowest BCUT2D eigenvalue weighted by atomic mass is 10.1. The molecule has 0 spiro atoms. The summed E-state index contributed by atoms with van der Waals surface area (Å²) < 4.78 is 6.65. The molecule has 0 fully saturated rings. The Morgan fingerprint density at radius 3 is 2.76 bits per heavy atom. The molecule has 2 aromatic carbocycles. The molecule has 0 radical (unpaired) electrons. The van der Waals surface area contributed by atoms with Gasteiger partial charge in [-0.05, 0) is 42.5 Å². The van der Waals surface area contributed by atoms with E-state index in [2.05, 4.69) is 22.0 Å². The molecular weight excluding hydrogens is 420 g/mol. The normalized spacial score (nSPS) is 12.3. The fraction of sp³-hybridized carbons (Fsp3) is 0.0833. The number of rotatable bonds is 4. The van der Waals surface area contributed by atoms with E-state index in [4.69, 9.17) is 15.0 Å². The van der Waals surface area contributed by atoms with Crippen LogP contribution in [-0.4, -0.2) is 34.9 Å². The van der Waals surface area contributed by atoms with Gasteiger partial charge in [-0.3, -0.25) is 9.20 Å². The van der Waals surface area contributed by atoms with Crippen molar-refractivity contribution in [1.29, 1.82) is 5.26 Å². The van der Waals surface area contributed by atoms with Crippen molar-refractivity contribution < 1.29 is 14.3 Å². The molecule has 9 heteroatoms. The minimum Gasteiger partial charge on any atom is -0.465 e. The topological polar surface area (TPSA) is 121 Å². The number of imidazole rings is 1. The van der Waals surface area contributed by atoms with E-state index in [1.165, 1.54) is 7.11 Å².